The van der Waals surface area contributed by atoms with Crippen molar-refractivity contribution in [2.45, 2.75) is 51.6 Å². The normalized spacial score (nSPS) is 18.5. The molecule has 3 aromatic rings. The second-order valence-corrected chi connectivity index (χ2v) is 7.27. The van der Waals surface area contributed by atoms with Crippen molar-refractivity contribution in [2.75, 3.05) is 0 Å². The van der Waals surface area contributed by atoms with E-state index in [1.807, 2.05) is 0 Å². The molecule has 0 radical (unpaired) electrons. The Morgan fingerprint density at radius 3 is 2.83 bits per heavy atom. The highest BCUT2D eigenvalue weighted by Crippen LogP contribution is 2.35. The fraction of sp³-hybridized carbons (Fsp3) is 0.364. The van der Waals surface area contributed by atoms with Gasteiger partial charge in [-0.05, 0) is 62.8 Å². The monoisotopic (exact) mass is 318 g/mol. The van der Waals surface area contributed by atoms with Gasteiger partial charge >= 0.3 is 0 Å². The lowest BCUT2D eigenvalue weighted by Crippen LogP contribution is -2.34. The highest BCUT2D eigenvalue weighted by molar-refractivity contribution is 5.85. The van der Waals surface area contributed by atoms with Crippen LogP contribution in [0.3, 0.4) is 0 Å². The molecule has 0 saturated heterocycles. The molecule has 1 heterocycles. The molecule has 2 N–H and O–H groups in total. The molecule has 4 rings (SSSR count). The molecule has 2 heteroatoms. The Morgan fingerprint density at radius 2 is 2.00 bits per heavy atom. The minimum atomic E-state index is 0.445. The standard InChI is InChI=1S/C22H26N2/c1-15-11-12-20-19(13-15)18-9-6-10-21(22(18)24-20)23-16(2)14-17-7-4-3-5-8-17/h3-5,7-8,11-13,16,21,23-24H,6,9-10,14H2,1-2H3/t16-,21+/m0/s1. The number of rotatable bonds is 4. The summed E-state index contributed by atoms with van der Waals surface area (Å²) in [5, 5.41) is 5.29. The van der Waals surface area contributed by atoms with Crippen LogP contribution in [0.5, 0.6) is 0 Å². The molecule has 24 heavy (non-hydrogen) atoms. The zero-order valence-electron chi connectivity index (χ0n) is 14.6. The van der Waals surface area contributed by atoms with E-state index in [-0.39, 0.29) is 0 Å². The van der Waals surface area contributed by atoms with Gasteiger partial charge in [-0.3, -0.25) is 0 Å². The van der Waals surface area contributed by atoms with Gasteiger partial charge in [0.15, 0.2) is 0 Å². The molecule has 0 saturated carbocycles. The van der Waals surface area contributed by atoms with Crippen molar-refractivity contribution in [2.24, 2.45) is 0 Å². The summed E-state index contributed by atoms with van der Waals surface area (Å²) in [6.07, 6.45) is 4.76. The zero-order valence-corrected chi connectivity index (χ0v) is 14.6. The molecular formula is C22H26N2. The molecule has 124 valence electrons. The number of aryl methyl sites for hydroxylation is 2. The molecule has 0 amide bonds. The predicted octanol–water partition coefficient (Wildman–Crippen LogP) is 5.07. The van der Waals surface area contributed by atoms with Gasteiger partial charge in [0.2, 0.25) is 0 Å². The van der Waals surface area contributed by atoms with Crippen LogP contribution >= 0.6 is 0 Å². The maximum atomic E-state index is 3.87. The maximum absolute atomic E-state index is 3.87. The van der Waals surface area contributed by atoms with E-state index in [0.717, 1.165) is 6.42 Å². The predicted molar refractivity (Wildman–Crippen MR) is 101 cm³/mol. The first kappa shape index (κ1) is 15.5. The average Bonchev–Trinajstić information content (AvgIpc) is 2.95. The molecule has 1 aliphatic carbocycles. The number of H-pyrrole nitrogens is 1. The van der Waals surface area contributed by atoms with E-state index in [1.54, 1.807) is 0 Å². The Morgan fingerprint density at radius 1 is 1.17 bits per heavy atom. The van der Waals surface area contributed by atoms with E-state index in [4.69, 9.17) is 0 Å². The molecule has 0 fully saturated rings. The van der Waals surface area contributed by atoms with Crippen LogP contribution in [0, 0.1) is 6.92 Å². The summed E-state index contributed by atoms with van der Waals surface area (Å²) in [6, 6.07) is 18.4. The van der Waals surface area contributed by atoms with Gasteiger partial charge in [-0.1, -0.05) is 42.0 Å². The second-order valence-electron chi connectivity index (χ2n) is 7.27. The quantitative estimate of drug-likeness (QED) is 0.690. The Bertz CT molecular complexity index is 832. The number of fused-ring (bicyclic) bond motifs is 3. The van der Waals surface area contributed by atoms with E-state index in [0.29, 0.717) is 12.1 Å². The maximum Gasteiger partial charge on any atom is 0.0478 e. The Labute approximate surface area is 144 Å². The Hall–Kier alpha value is -2.06. The van der Waals surface area contributed by atoms with Gasteiger partial charge < -0.3 is 10.3 Å². The van der Waals surface area contributed by atoms with Crippen molar-refractivity contribution < 1.29 is 0 Å². The zero-order chi connectivity index (χ0) is 16.5. The largest absolute Gasteiger partial charge is 0.357 e. The number of hydrogen-bond acceptors (Lipinski definition) is 1. The Balaban J connectivity index is 1.56. The van der Waals surface area contributed by atoms with Gasteiger partial charge in [-0.2, -0.15) is 0 Å². The number of nitrogens with one attached hydrogen (secondary N) is 2. The molecule has 2 aromatic carbocycles. The summed E-state index contributed by atoms with van der Waals surface area (Å²) < 4.78 is 0. The average molecular weight is 318 g/mol. The van der Waals surface area contributed by atoms with Gasteiger partial charge in [0, 0.05) is 28.7 Å². The molecule has 2 nitrogen and oxygen atoms in total. The summed E-state index contributed by atoms with van der Waals surface area (Å²) in [7, 11) is 0. The second kappa shape index (κ2) is 6.45. The van der Waals surface area contributed by atoms with Crippen molar-refractivity contribution in [3.05, 3.63) is 70.9 Å². The molecule has 2 atom stereocenters. The van der Waals surface area contributed by atoms with Crippen LogP contribution in [0.25, 0.3) is 10.9 Å². The lowest BCUT2D eigenvalue weighted by molar-refractivity contribution is 0.402. The first-order valence-corrected chi connectivity index (χ1v) is 9.12. The van der Waals surface area contributed by atoms with E-state index in [9.17, 15) is 0 Å². The minimum absolute atomic E-state index is 0.445. The topological polar surface area (TPSA) is 27.8 Å². The van der Waals surface area contributed by atoms with Crippen LogP contribution in [0.2, 0.25) is 0 Å². The van der Waals surface area contributed by atoms with Crippen molar-refractivity contribution in [3.8, 4) is 0 Å². The molecule has 0 spiro atoms. The van der Waals surface area contributed by atoms with Crippen LogP contribution in [-0.4, -0.2) is 11.0 Å². The van der Waals surface area contributed by atoms with Crippen molar-refractivity contribution in [3.63, 3.8) is 0 Å². The number of aromatic amines is 1. The van der Waals surface area contributed by atoms with Gasteiger partial charge in [0.05, 0.1) is 0 Å². The van der Waals surface area contributed by atoms with Gasteiger partial charge in [-0.15, -0.1) is 0 Å². The van der Waals surface area contributed by atoms with E-state index in [2.05, 4.69) is 72.7 Å². The smallest absolute Gasteiger partial charge is 0.0478 e. The third-order valence-corrected chi connectivity index (χ3v) is 5.23. The highest BCUT2D eigenvalue weighted by Gasteiger charge is 2.25. The lowest BCUT2D eigenvalue weighted by atomic mass is 9.90. The van der Waals surface area contributed by atoms with Crippen LogP contribution in [0.4, 0.5) is 0 Å². The van der Waals surface area contributed by atoms with Crippen LogP contribution < -0.4 is 5.32 Å². The van der Waals surface area contributed by atoms with Crippen molar-refractivity contribution >= 4 is 10.9 Å². The van der Waals surface area contributed by atoms with Crippen molar-refractivity contribution in [1.29, 1.82) is 0 Å². The van der Waals surface area contributed by atoms with Crippen LogP contribution in [0.1, 0.15) is 48.2 Å². The summed E-state index contributed by atoms with van der Waals surface area (Å²) in [4.78, 5) is 3.70. The van der Waals surface area contributed by atoms with Gasteiger partial charge in [0.1, 0.15) is 0 Å². The Kier molecular flexibility index (Phi) is 4.15. The third kappa shape index (κ3) is 2.99. The summed E-state index contributed by atoms with van der Waals surface area (Å²) in [5.74, 6) is 0. The fourth-order valence-electron chi connectivity index (χ4n) is 4.11. The van der Waals surface area contributed by atoms with Crippen molar-refractivity contribution in [1.82, 2.24) is 10.3 Å². The van der Waals surface area contributed by atoms with E-state index in [1.165, 1.54) is 52.5 Å². The van der Waals surface area contributed by atoms with Crippen LogP contribution in [-0.2, 0) is 12.8 Å². The summed E-state index contributed by atoms with van der Waals surface area (Å²) in [6.45, 7) is 4.48. The molecule has 0 aliphatic heterocycles. The molecule has 1 aliphatic rings. The number of hydrogen-bond donors (Lipinski definition) is 2. The lowest BCUT2D eigenvalue weighted by Gasteiger charge is -2.27. The molecule has 0 unspecified atom stereocenters. The van der Waals surface area contributed by atoms with E-state index >= 15 is 0 Å². The first-order valence-electron chi connectivity index (χ1n) is 9.12. The molecule has 1 aromatic heterocycles. The minimum Gasteiger partial charge on any atom is -0.357 e. The third-order valence-electron chi connectivity index (χ3n) is 5.23. The first-order chi connectivity index (χ1) is 11.7. The molecule has 0 bridgehead atoms. The molecular weight excluding hydrogens is 292 g/mol. The number of aromatic nitrogens is 1. The summed E-state index contributed by atoms with van der Waals surface area (Å²) in [5.41, 5.74) is 6.98. The fourth-order valence-corrected chi connectivity index (χ4v) is 4.11. The SMILES string of the molecule is Cc1ccc2[nH]c3c(c2c1)CCC[C@H]3N[C@@H](C)Cc1ccccc1. The van der Waals surface area contributed by atoms with E-state index < -0.39 is 0 Å². The highest BCUT2D eigenvalue weighted by atomic mass is 15.0. The van der Waals surface area contributed by atoms with Gasteiger partial charge in [-0.25, -0.2) is 0 Å². The summed E-state index contributed by atoms with van der Waals surface area (Å²) >= 11 is 0. The van der Waals surface area contributed by atoms with Crippen LogP contribution in [0.15, 0.2) is 48.5 Å². The van der Waals surface area contributed by atoms with Gasteiger partial charge in [0.25, 0.3) is 0 Å². The number of benzene rings is 2.